The normalized spacial score (nSPS) is 11.0. The molecule has 0 N–H and O–H groups in total. The minimum Gasteiger partial charge on any atom is -0.373 e. The molecule has 0 atom stereocenters. The summed E-state index contributed by atoms with van der Waals surface area (Å²) in [5.41, 5.74) is 29.4. The molecule has 0 bridgehead atoms. The second-order valence-electron chi connectivity index (χ2n) is 30.7. The van der Waals surface area contributed by atoms with Gasteiger partial charge in [0, 0.05) is 252 Å². The van der Waals surface area contributed by atoms with Crippen molar-refractivity contribution in [1.82, 2.24) is 34.9 Å². The Morgan fingerprint density at radius 2 is 0.546 bits per heavy atom. The molecule has 0 aliphatic carbocycles. The zero-order valence-corrected chi connectivity index (χ0v) is 98.9. The molecule has 0 unspecified atom stereocenters. The van der Waals surface area contributed by atoms with Crippen LogP contribution in [0, 0.1) is 170 Å². The van der Waals surface area contributed by atoms with Crippen LogP contribution in [0.25, 0.3) is 134 Å². The van der Waals surface area contributed by atoms with E-state index in [0.717, 1.165) is 146 Å². The van der Waals surface area contributed by atoms with E-state index in [1.165, 1.54) is 35.4 Å². The van der Waals surface area contributed by atoms with Gasteiger partial charge in [-0.3, -0.25) is 34.9 Å². The van der Waals surface area contributed by atoms with Gasteiger partial charge in [0.25, 0.3) is 0 Å². The van der Waals surface area contributed by atoms with Crippen LogP contribution in [0.2, 0.25) is 0 Å². The first kappa shape index (κ1) is 108. The fourth-order valence-electron chi connectivity index (χ4n) is 12.9. The maximum absolute atomic E-state index is 7.38. The standard InChI is InChI=1S/2C20H17N2.C17H11N2.C17H10N.2C14H12.2C12H8.4Pt.4Y/c2*1-14(2)16-9-10-21-20(12-16)18-6-4-5-17(11-18)19-8-7-15(3)22-13-19;1-13-8-9-16(12-19-13)14-5-4-6-15(11-14)17-7-2-3-10-18-17;1-2-8-14(9-3-1)15-10-4-5-11-16(15)17-12-6-7-13-18-17;1-11-3-7-13(8-4-11)14-9-5-12(2)6-10-14;1-11-5-3-7-13(9-11)14-8-4-6-12(2)10-14;2*1-3-7-11(8-4-1)12-9-5-2-6-10-12;;;;;;;;/h2*4-5,7-10,12,14H,1-3H3;2-5,7-10H,1H3;1-8,12-13H;3-7,9H,1-2H3;3-6,9-10H,1-2H3;2*1-7,9H;;;;;;;;/q4*-3;4*-2;;;;;;;;/i;;;;1D3,2D3;1D3;;;;;;;;;;. The topological polar surface area (TPSA) is 90.2 Å². The second-order valence-corrected chi connectivity index (χ2v) is 30.7. The van der Waals surface area contributed by atoms with Gasteiger partial charge in [0.2, 0.25) is 0 Å². The van der Waals surface area contributed by atoms with Crippen molar-refractivity contribution in [2.75, 3.05) is 0 Å². The molecule has 15 heteroatoms. The zero-order chi connectivity index (χ0) is 100. The van der Waals surface area contributed by atoms with E-state index < -0.39 is 20.6 Å². The average Bonchev–Trinajstić information content (AvgIpc) is 0.816. The first-order valence-corrected chi connectivity index (χ1v) is 43.1. The predicted octanol–water partition coefficient (Wildman–Crippen LogP) is 29.7. The van der Waals surface area contributed by atoms with Gasteiger partial charge in [0.1, 0.15) is 0 Å². The van der Waals surface area contributed by atoms with E-state index in [1.807, 2.05) is 301 Å². The van der Waals surface area contributed by atoms with Gasteiger partial charge in [0.05, 0.1) is 0 Å². The number of rotatable bonds is 14. The van der Waals surface area contributed by atoms with E-state index in [-0.39, 0.29) is 226 Å². The molecule has 7 nitrogen and oxygen atoms in total. The summed E-state index contributed by atoms with van der Waals surface area (Å²) in [4.78, 5) is 30.2. The number of aryl methyl sites for hydroxylation is 7. The number of aromatic nitrogens is 7. The molecule has 7 aromatic heterocycles. The summed E-state index contributed by atoms with van der Waals surface area (Å²) >= 11 is 0. The molecular weight excluding hydrogens is 2750 g/mol. The van der Waals surface area contributed by atoms with E-state index in [9.17, 15) is 0 Å². The zero-order valence-electron chi connectivity index (χ0n) is 87.5. The van der Waals surface area contributed by atoms with Crippen LogP contribution in [0.4, 0.5) is 0 Å². The monoisotopic (exact) mass is 2850 g/mol. The van der Waals surface area contributed by atoms with Crippen molar-refractivity contribution in [3.05, 3.63) is 537 Å². The van der Waals surface area contributed by atoms with Crippen LogP contribution in [-0.4, -0.2) is 34.9 Å². The average molecular weight is 2850 g/mol. The molecule has 20 rings (SSSR count). The Labute approximate surface area is 1010 Å². The van der Waals surface area contributed by atoms with Crippen molar-refractivity contribution in [2.24, 2.45) is 0 Å². The van der Waals surface area contributed by atoms with Gasteiger partial charge in [-0.2, -0.15) is 206 Å². The number of hydrogen-bond donors (Lipinski definition) is 0. The number of hydrogen-bond acceptors (Lipinski definition) is 7. The minimum absolute atomic E-state index is 0. The summed E-state index contributed by atoms with van der Waals surface area (Å²) in [6.45, 7) is 10.2. The van der Waals surface area contributed by atoms with Gasteiger partial charge in [-0.25, -0.2) is 175 Å². The Balaban J connectivity index is 0.000000301. The van der Waals surface area contributed by atoms with E-state index in [1.54, 1.807) is 42.7 Å². The molecule has 0 aliphatic rings. The van der Waals surface area contributed by atoms with Crippen molar-refractivity contribution in [2.45, 2.75) is 87.8 Å². The van der Waals surface area contributed by atoms with Crippen LogP contribution in [0.15, 0.2) is 365 Å². The fourth-order valence-corrected chi connectivity index (χ4v) is 12.9. The van der Waals surface area contributed by atoms with Crippen LogP contribution in [-0.2, 0) is 215 Å². The molecule has 0 amide bonds. The third kappa shape index (κ3) is 39.9. The quantitative estimate of drug-likeness (QED) is 0.100. The molecule has 20 aromatic rings. The van der Waals surface area contributed by atoms with Crippen LogP contribution in [0.5, 0.6) is 0 Å². The molecule has 4 radical (unpaired) electrons. The second kappa shape index (κ2) is 66.2. The minimum atomic E-state index is -2.15. The Morgan fingerprint density at radius 1 is 0.227 bits per heavy atom. The molecule has 0 fully saturated rings. The Kier molecular flexibility index (Phi) is 50.6. The van der Waals surface area contributed by atoms with Crippen molar-refractivity contribution in [3.63, 3.8) is 0 Å². The van der Waals surface area contributed by atoms with Gasteiger partial charge in [-0.1, -0.05) is 128 Å². The third-order valence-electron chi connectivity index (χ3n) is 20.0. The summed E-state index contributed by atoms with van der Waals surface area (Å²) in [5, 5.41) is 0. The van der Waals surface area contributed by atoms with Gasteiger partial charge < -0.3 is 51.6 Å². The van der Waals surface area contributed by atoms with Crippen molar-refractivity contribution < 1.29 is 227 Å². The molecule has 0 saturated carbocycles. The molecule has 0 spiro atoms. The largest absolute Gasteiger partial charge is 0.373 e. The summed E-state index contributed by atoms with van der Waals surface area (Å²) in [6.07, 6.45) is 16.4. The molecule has 0 saturated heterocycles. The summed E-state index contributed by atoms with van der Waals surface area (Å²) in [7, 11) is 0. The first-order valence-electron chi connectivity index (χ1n) is 47.6. The van der Waals surface area contributed by atoms with Gasteiger partial charge >= 0.3 is 0 Å². The summed E-state index contributed by atoms with van der Waals surface area (Å²) in [6, 6.07) is 160. The maximum atomic E-state index is 7.38. The molecule has 0 aliphatic heterocycles. The van der Waals surface area contributed by atoms with E-state index in [2.05, 4.69) is 209 Å². The summed E-state index contributed by atoms with van der Waals surface area (Å²) < 4.78 is 65.9. The van der Waals surface area contributed by atoms with Crippen LogP contribution >= 0.6 is 0 Å². The van der Waals surface area contributed by atoms with Crippen molar-refractivity contribution in [3.8, 4) is 134 Å². The number of nitrogens with zero attached hydrogens (tertiary/aromatic N) is 7. The van der Waals surface area contributed by atoms with Gasteiger partial charge in [0.15, 0.2) is 0 Å². The summed E-state index contributed by atoms with van der Waals surface area (Å²) in [5.74, 6) is 0.944. The smallest absolute Gasteiger partial charge is 0.0263 e. The number of benzene rings is 13. The van der Waals surface area contributed by atoms with Crippen molar-refractivity contribution >= 4 is 0 Å². The SMILES string of the molecule is Cc1ccc(-c2[c-]c(-c3cc(C(C)C)ccn3)[c-]cc2)[c-]n1.Cc1ccc(-c2[c-]c(-c3cc(C(C)C)ccn3)[c-]cc2)[c-]n1.Cc1ccc(-c2[c-]c(-c3ccccn3)[c-]cc2)[c-]n1.[2H]C([2H])([2H])c1c[c-]c(-c2[c-]cc(C([2H])([2H])[2H])cc2)cc1.[2H]C([2H])([2H])c1cc[c-]c(-c2[c-]ccc(C)c2)c1.[Pt].[Pt].[Pt].[Pt].[Y].[Y].[Y].[Y].[c-]1ccccc1-c1[c-]cc[c-]c1-c1ccccn1.[c-]1ccccc1-c1[c-]cccc1.[c-]1ccccc1-c1[c-]cccc1. The third-order valence-corrected chi connectivity index (χ3v) is 20.0. The van der Waals surface area contributed by atoms with Gasteiger partial charge in [-0.05, 0) is 53.2 Å². The Hall–Kier alpha value is -8.92. The Bertz CT molecular complexity index is 6900. The van der Waals surface area contributed by atoms with E-state index >= 15 is 0 Å². The molecule has 141 heavy (non-hydrogen) atoms. The van der Waals surface area contributed by atoms with Crippen LogP contribution in [0.1, 0.15) is 102 Å². The Morgan fingerprint density at radius 3 is 0.879 bits per heavy atom. The molecule has 7 heterocycles. The molecule has 13 aromatic carbocycles. The van der Waals surface area contributed by atoms with Gasteiger partial charge in [-0.15, -0.1) is 120 Å². The van der Waals surface area contributed by atoms with Crippen LogP contribution in [0.3, 0.4) is 0 Å². The maximum Gasteiger partial charge on any atom is 0.0263 e. The van der Waals surface area contributed by atoms with Crippen molar-refractivity contribution in [1.29, 1.82) is 0 Å². The molecular formula is C126H95N7Pt4Y4-20. The number of pyridine rings is 7. The van der Waals surface area contributed by atoms with E-state index in [0.29, 0.717) is 28.5 Å². The fraction of sp³-hybridized carbons (Fsp3) is 0.103. The molecule has 706 valence electrons. The van der Waals surface area contributed by atoms with Crippen LogP contribution < -0.4 is 0 Å². The van der Waals surface area contributed by atoms with E-state index in [4.69, 9.17) is 12.3 Å². The predicted molar refractivity (Wildman–Crippen MR) is 539 cm³/mol. The first-order chi connectivity index (χ1) is 68.6.